The molecule has 4 N–H and O–H groups in total. The van der Waals surface area contributed by atoms with E-state index in [0.717, 1.165) is 18.5 Å². The molecule has 0 saturated heterocycles. The largest absolute Gasteiger partial charge is 0.369 e. The molecule has 0 amide bonds. The SMILES string of the molecule is CCCNc1nc(Nc2cccc(F)c2)ncc1-c1cn(CCN)nn1. The van der Waals surface area contributed by atoms with Crippen molar-refractivity contribution in [2.24, 2.45) is 5.73 Å². The smallest absolute Gasteiger partial charge is 0.229 e. The first kappa shape index (κ1) is 17.7. The predicted octanol–water partition coefficient (Wildman–Crippen LogP) is 2.40. The lowest BCUT2D eigenvalue weighted by Gasteiger charge is -2.11. The summed E-state index contributed by atoms with van der Waals surface area (Å²) in [5, 5.41) is 14.5. The molecule has 0 aliphatic rings. The Morgan fingerprint density at radius 3 is 2.96 bits per heavy atom. The van der Waals surface area contributed by atoms with Gasteiger partial charge in [-0.25, -0.2) is 9.37 Å². The fraction of sp³-hybridized carbons (Fsp3) is 0.294. The minimum absolute atomic E-state index is 0.326. The maximum Gasteiger partial charge on any atom is 0.229 e. The zero-order chi connectivity index (χ0) is 18.4. The molecular formula is C17H21FN8. The van der Waals surface area contributed by atoms with E-state index in [-0.39, 0.29) is 5.82 Å². The lowest BCUT2D eigenvalue weighted by molar-refractivity contribution is 0.598. The molecule has 2 aromatic heterocycles. The average molecular weight is 356 g/mol. The number of rotatable bonds is 8. The molecule has 3 rings (SSSR count). The van der Waals surface area contributed by atoms with Crippen LogP contribution in [-0.2, 0) is 6.54 Å². The Bertz CT molecular complexity index is 863. The van der Waals surface area contributed by atoms with E-state index in [0.29, 0.717) is 36.2 Å². The monoisotopic (exact) mass is 356 g/mol. The van der Waals surface area contributed by atoms with Crippen molar-refractivity contribution in [1.29, 1.82) is 0 Å². The lowest BCUT2D eigenvalue weighted by atomic mass is 10.2. The van der Waals surface area contributed by atoms with Gasteiger partial charge in [-0.2, -0.15) is 4.98 Å². The number of nitrogens with two attached hydrogens (primary N) is 1. The number of benzene rings is 1. The minimum atomic E-state index is -0.326. The van der Waals surface area contributed by atoms with Gasteiger partial charge in [-0.1, -0.05) is 18.2 Å². The molecule has 0 saturated carbocycles. The molecule has 0 bridgehead atoms. The van der Waals surface area contributed by atoms with E-state index < -0.39 is 0 Å². The standard InChI is InChI=1S/C17H21FN8/c1-2-7-20-16-14(15-11-26(8-6-19)25-24-15)10-21-17(23-16)22-13-5-3-4-12(18)9-13/h3-5,9-11H,2,6-8,19H2,1H3,(H2,20,21,22,23). The lowest BCUT2D eigenvalue weighted by Crippen LogP contribution is -2.10. The van der Waals surface area contributed by atoms with Gasteiger partial charge >= 0.3 is 0 Å². The van der Waals surface area contributed by atoms with Gasteiger partial charge in [0.05, 0.1) is 18.3 Å². The zero-order valence-corrected chi connectivity index (χ0v) is 14.5. The van der Waals surface area contributed by atoms with Crippen LogP contribution in [0.1, 0.15) is 13.3 Å². The Morgan fingerprint density at radius 1 is 1.31 bits per heavy atom. The highest BCUT2D eigenvalue weighted by atomic mass is 19.1. The van der Waals surface area contributed by atoms with Gasteiger partial charge in [0, 0.05) is 25.0 Å². The fourth-order valence-electron chi connectivity index (χ4n) is 2.37. The van der Waals surface area contributed by atoms with Crippen LogP contribution in [0.4, 0.5) is 21.8 Å². The normalized spacial score (nSPS) is 10.7. The molecule has 8 nitrogen and oxygen atoms in total. The van der Waals surface area contributed by atoms with Crippen LogP contribution >= 0.6 is 0 Å². The van der Waals surface area contributed by atoms with Gasteiger partial charge in [-0.3, -0.25) is 4.68 Å². The zero-order valence-electron chi connectivity index (χ0n) is 14.5. The first-order chi connectivity index (χ1) is 12.7. The summed E-state index contributed by atoms with van der Waals surface area (Å²) in [6.07, 6.45) is 4.42. The van der Waals surface area contributed by atoms with Crippen molar-refractivity contribution < 1.29 is 4.39 Å². The van der Waals surface area contributed by atoms with Crippen LogP contribution in [0.2, 0.25) is 0 Å². The van der Waals surface area contributed by atoms with E-state index in [2.05, 4.69) is 37.8 Å². The molecule has 1 aromatic carbocycles. The third-order valence-corrected chi connectivity index (χ3v) is 3.58. The van der Waals surface area contributed by atoms with Crippen molar-refractivity contribution in [3.8, 4) is 11.3 Å². The maximum atomic E-state index is 13.3. The average Bonchev–Trinajstić information content (AvgIpc) is 3.09. The molecule has 3 aromatic rings. The summed E-state index contributed by atoms with van der Waals surface area (Å²) < 4.78 is 15.0. The van der Waals surface area contributed by atoms with Gasteiger partial charge in [0.2, 0.25) is 5.95 Å². The van der Waals surface area contributed by atoms with E-state index in [1.54, 1.807) is 23.0 Å². The first-order valence-electron chi connectivity index (χ1n) is 8.43. The Balaban J connectivity index is 1.89. The molecule has 136 valence electrons. The molecular weight excluding hydrogens is 335 g/mol. The molecule has 0 aliphatic carbocycles. The van der Waals surface area contributed by atoms with E-state index >= 15 is 0 Å². The summed E-state index contributed by atoms with van der Waals surface area (Å²) in [5.41, 5.74) is 7.53. The second-order valence-electron chi connectivity index (χ2n) is 5.67. The van der Waals surface area contributed by atoms with Crippen molar-refractivity contribution in [2.75, 3.05) is 23.7 Å². The third kappa shape index (κ3) is 4.31. The molecule has 0 unspecified atom stereocenters. The molecule has 0 fully saturated rings. The highest BCUT2D eigenvalue weighted by molar-refractivity contribution is 5.72. The number of aromatic nitrogens is 5. The molecule has 2 heterocycles. The Labute approximate surface area is 150 Å². The fourth-order valence-corrected chi connectivity index (χ4v) is 2.37. The first-order valence-corrected chi connectivity index (χ1v) is 8.43. The summed E-state index contributed by atoms with van der Waals surface area (Å²) in [5.74, 6) is 0.681. The number of nitrogens with one attached hydrogen (secondary N) is 2. The second-order valence-corrected chi connectivity index (χ2v) is 5.67. The van der Waals surface area contributed by atoms with Crippen LogP contribution in [0.15, 0.2) is 36.7 Å². The summed E-state index contributed by atoms with van der Waals surface area (Å²) in [7, 11) is 0. The molecule has 0 aliphatic heterocycles. The molecule has 0 radical (unpaired) electrons. The highest BCUT2D eigenvalue weighted by Crippen LogP contribution is 2.26. The highest BCUT2D eigenvalue weighted by Gasteiger charge is 2.13. The number of nitrogens with zero attached hydrogens (tertiary/aromatic N) is 5. The van der Waals surface area contributed by atoms with Crippen LogP contribution in [-0.4, -0.2) is 38.1 Å². The topological polar surface area (TPSA) is 107 Å². The summed E-state index contributed by atoms with van der Waals surface area (Å²) in [4.78, 5) is 8.83. The Hall–Kier alpha value is -3.07. The summed E-state index contributed by atoms with van der Waals surface area (Å²) in [6, 6.07) is 6.14. The number of anilines is 3. The second kappa shape index (κ2) is 8.34. The van der Waals surface area contributed by atoms with Gasteiger partial charge in [-0.15, -0.1) is 5.10 Å². The van der Waals surface area contributed by atoms with Crippen molar-refractivity contribution in [3.05, 3.63) is 42.5 Å². The van der Waals surface area contributed by atoms with Crippen LogP contribution < -0.4 is 16.4 Å². The van der Waals surface area contributed by atoms with E-state index in [9.17, 15) is 4.39 Å². The van der Waals surface area contributed by atoms with Crippen LogP contribution in [0.3, 0.4) is 0 Å². The Morgan fingerprint density at radius 2 is 2.19 bits per heavy atom. The van der Waals surface area contributed by atoms with Crippen LogP contribution in [0, 0.1) is 5.82 Å². The summed E-state index contributed by atoms with van der Waals surface area (Å²) >= 11 is 0. The van der Waals surface area contributed by atoms with E-state index in [4.69, 9.17) is 5.73 Å². The van der Waals surface area contributed by atoms with Crippen molar-refractivity contribution >= 4 is 17.5 Å². The number of hydrogen-bond acceptors (Lipinski definition) is 7. The molecule has 26 heavy (non-hydrogen) atoms. The van der Waals surface area contributed by atoms with Crippen molar-refractivity contribution in [1.82, 2.24) is 25.0 Å². The molecule has 0 spiro atoms. The number of halogens is 1. The van der Waals surface area contributed by atoms with Crippen LogP contribution in [0.25, 0.3) is 11.3 Å². The van der Waals surface area contributed by atoms with E-state index in [1.807, 2.05) is 6.20 Å². The maximum absolute atomic E-state index is 13.3. The van der Waals surface area contributed by atoms with Gasteiger partial charge in [0.1, 0.15) is 17.3 Å². The van der Waals surface area contributed by atoms with Gasteiger partial charge in [0.25, 0.3) is 0 Å². The quantitative estimate of drug-likeness (QED) is 0.569. The van der Waals surface area contributed by atoms with Gasteiger partial charge < -0.3 is 16.4 Å². The molecule has 0 atom stereocenters. The van der Waals surface area contributed by atoms with Crippen molar-refractivity contribution in [3.63, 3.8) is 0 Å². The predicted molar refractivity (Wildman–Crippen MR) is 98.6 cm³/mol. The van der Waals surface area contributed by atoms with Crippen molar-refractivity contribution in [2.45, 2.75) is 19.9 Å². The number of hydrogen-bond donors (Lipinski definition) is 3. The minimum Gasteiger partial charge on any atom is -0.369 e. The van der Waals surface area contributed by atoms with Gasteiger partial charge in [0.15, 0.2) is 0 Å². The molecule has 9 heteroatoms. The van der Waals surface area contributed by atoms with Crippen LogP contribution in [0.5, 0.6) is 0 Å². The van der Waals surface area contributed by atoms with Gasteiger partial charge in [-0.05, 0) is 24.6 Å². The third-order valence-electron chi connectivity index (χ3n) is 3.58. The Kier molecular flexibility index (Phi) is 5.69. The summed E-state index contributed by atoms with van der Waals surface area (Å²) in [6.45, 7) is 3.89. The van der Waals surface area contributed by atoms with E-state index in [1.165, 1.54) is 12.1 Å².